The molecule has 4 rings (SSSR count). The van der Waals surface area contributed by atoms with E-state index < -0.39 is 0 Å². The van der Waals surface area contributed by atoms with E-state index in [0.717, 1.165) is 22.2 Å². The van der Waals surface area contributed by atoms with Gasteiger partial charge in [0.2, 0.25) is 0 Å². The molecule has 1 aliphatic rings. The van der Waals surface area contributed by atoms with E-state index in [-0.39, 0.29) is 0 Å². The molecule has 0 saturated heterocycles. The summed E-state index contributed by atoms with van der Waals surface area (Å²) in [6.45, 7) is 0.668. The van der Waals surface area contributed by atoms with Crippen LogP contribution in [-0.2, 0) is 0 Å². The first-order valence-electron chi connectivity index (χ1n) is 7.56. The van der Waals surface area contributed by atoms with Crippen molar-refractivity contribution in [2.45, 2.75) is 12.8 Å². The molecular weight excluding hydrogens is 331 g/mol. The number of aromatic nitrogens is 2. The summed E-state index contributed by atoms with van der Waals surface area (Å²) in [6.07, 6.45) is 2.45. The van der Waals surface area contributed by atoms with E-state index in [1.165, 1.54) is 12.8 Å². The van der Waals surface area contributed by atoms with Gasteiger partial charge in [0.25, 0.3) is 0 Å². The molecule has 116 valence electrons. The molecule has 23 heavy (non-hydrogen) atoms. The van der Waals surface area contributed by atoms with Crippen molar-refractivity contribution < 1.29 is 4.74 Å². The fourth-order valence-corrected chi connectivity index (χ4v) is 2.88. The van der Waals surface area contributed by atoms with E-state index in [9.17, 15) is 0 Å². The minimum Gasteiger partial charge on any atom is -0.463 e. The lowest BCUT2D eigenvalue weighted by atomic mass is 10.1. The Morgan fingerprint density at radius 1 is 1.04 bits per heavy atom. The Kier molecular flexibility index (Phi) is 3.83. The minimum atomic E-state index is 0.390. The van der Waals surface area contributed by atoms with Crippen molar-refractivity contribution in [1.29, 1.82) is 0 Å². The molecule has 2 aromatic carbocycles. The average molecular weight is 345 g/mol. The van der Waals surface area contributed by atoms with Crippen molar-refractivity contribution in [2.24, 2.45) is 5.92 Å². The molecule has 1 aromatic heterocycles. The van der Waals surface area contributed by atoms with E-state index in [2.05, 4.69) is 9.97 Å². The van der Waals surface area contributed by atoms with Gasteiger partial charge in [0, 0.05) is 21.0 Å². The second kappa shape index (κ2) is 5.99. The molecule has 0 aliphatic heterocycles. The lowest BCUT2D eigenvalue weighted by molar-refractivity contribution is 0.278. The van der Waals surface area contributed by atoms with Crippen LogP contribution in [0.3, 0.4) is 0 Å². The molecule has 5 heteroatoms. The average Bonchev–Trinajstić information content (AvgIpc) is 3.37. The monoisotopic (exact) mass is 344 g/mol. The standard InChI is InChI=1S/C18H14Cl2N2O/c19-12-7-8-16-14(9-12)17(13-3-1-2-4-15(13)20)22-18(21-16)23-10-11-5-6-11/h1-4,7-9,11H,5-6,10H2. The van der Waals surface area contributed by atoms with Crippen molar-refractivity contribution in [3.05, 3.63) is 52.5 Å². The molecule has 0 bridgehead atoms. The van der Waals surface area contributed by atoms with Gasteiger partial charge in [0.05, 0.1) is 17.8 Å². The molecule has 0 amide bonds. The van der Waals surface area contributed by atoms with Crippen LogP contribution in [0.2, 0.25) is 10.0 Å². The lowest BCUT2D eigenvalue weighted by Crippen LogP contribution is -2.04. The zero-order valence-corrected chi connectivity index (χ0v) is 13.8. The summed E-state index contributed by atoms with van der Waals surface area (Å²) in [5, 5.41) is 2.14. The van der Waals surface area contributed by atoms with Gasteiger partial charge in [-0.05, 0) is 43.0 Å². The highest BCUT2D eigenvalue weighted by molar-refractivity contribution is 6.34. The Balaban J connectivity index is 1.87. The Morgan fingerprint density at radius 2 is 1.87 bits per heavy atom. The van der Waals surface area contributed by atoms with Crippen LogP contribution < -0.4 is 4.74 Å². The van der Waals surface area contributed by atoms with Crippen LogP contribution in [0.1, 0.15) is 12.8 Å². The second-order valence-electron chi connectivity index (χ2n) is 5.75. The van der Waals surface area contributed by atoms with Crippen LogP contribution in [0.25, 0.3) is 22.2 Å². The van der Waals surface area contributed by atoms with Gasteiger partial charge in [-0.1, -0.05) is 41.4 Å². The summed E-state index contributed by atoms with van der Waals surface area (Å²) < 4.78 is 5.77. The van der Waals surface area contributed by atoms with Crippen molar-refractivity contribution in [1.82, 2.24) is 9.97 Å². The van der Waals surface area contributed by atoms with E-state index in [4.69, 9.17) is 27.9 Å². The zero-order chi connectivity index (χ0) is 15.8. The van der Waals surface area contributed by atoms with Crippen LogP contribution in [-0.4, -0.2) is 16.6 Å². The first-order chi connectivity index (χ1) is 11.2. The van der Waals surface area contributed by atoms with Crippen LogP contribution in [0.15, 0.2) is 42.5 Å². The normalized spacial score (nSPS) is 14.2. The van der Waals surface area contributed by atoms with Gasteiger partial charge in [-0.3, -0.25) is 0 Å². The summed E-state index contributed by atoms with van der Waals surface area (Å²) in [6, 6.07) is 13.6. The van der Waals surface area contributed by atoms with Gasteiger partial charge < -0.3 is 4.74 Å². The third kappa shape index (κ3) is 3.12. The quantitative estimate of drug-likeness (QED) is 0.636. The molecular formula is C18H14Cl2N2O. The van der Waals surface area contributed by atoms with Gasteiger partial charge in [-0.15, -0.1) is 0 Å². The number of halogens is 2. The smallest absolute Gasteiger partial charge is 0.317 e. The number of fused-ring (bicyclic) bond motifs is 1. The van der Waals surface area contributed by atoms with Crippen molar-refractivity contribution in [2.75, 3.05) is 6.61 Å². The number of rotatable bonds is 4. The van der Waals surface area contributed by atoms with Gasteiger partial charge >= 0.3 is 6.01 Å². The van der Waals surface area contributed by atoms with Crippen LogP contribution in [0.5, 0.6) is 6.01 Å². The molecule has 3 aromatic rings. The summed E-state index contributed by atoms with van der Waals surface area (Å²) in [7, 11) is 0. The molecule has 1 heterocycles. The number of hydrogen-bond donors (Lipinski definition) is 0. The summed E-state index contributed by atoms with van der Waals surface area (Å²) >= 11 is 12.5. The van der Waals surface area contributed by atoms with Crippen LogP contribution in [0.4, 0.5) is 0 Å². The van der Waals surface area contributed by atoms with Gasteiger partial charge in [0.1, 0.15) is 0 Å². The molecule has 0 spiro atoms. The van der Waals surface area contributed by atoms with Crippen molar-refractivity contribution in [3.8, 4) is 17.3 Å². The summed E-state index contributed by atoms with van der Waals surface area (Å²) in [5.41, 5.74) is 2.39. The number of nitrogens with zero attached hydrogens (tertiary/aromatic N) is 2. The van der Waals surface area contributed by atoms with E-state index >= 15 is 0 Å². The maximum Gasteiger partial charge on any atom is 0.317 e. The maximum atomic E-state index is 6.35. The molecule has 0 unspecified atom stereocenters. The highest BCUT2D eigenvalue weighted by atomic mass is 35.5. The third-order valence-corrected chi connectivity index (χ3v) is 4.48. The van der Waals surface area contributed by atoms with E-state index in [1.807, 2.05) is 42.5 Å². The third-order valence-electron chi connectivity index (χ3n) is 3.91. The largest absolute Gasteiger partial charge is 0.463 e. The fraction of sp³-hybridized carbons (Fsp3) is 0.222. The maximum absolute atomic E-state index is 6.35. The molecule has 0 radical (unpaired) electrons. The molecule has 1 fully saturated rings. The molecule has 0 N–H and O–H groups in total. The van der Waals surface area contributed by atoms with E-state index in [1.54, 1.807) is 0 Å². The first-order valence-corrected chi connectivity index (χ1v) is 8.31. The number of ether oxygens (including phenoxy) is 1. The topological polar surface area (TPSA) is 35.0 Å². The highest BCUT2D eigenvalue weighted by Crippen LogP contribution is 2.34. The Bertz CT molecular complexity index is 878. The SMILES string of the molecule is Clc1ccc2nc(OCC3CC3)nc(-c3ccccc3Cl)c2c1. The fourth-order valence-electron chi connectivity index (χ4n) is 2.48. The lowest BCUT2D eigenvalue weighted by Gasteiger charge is -2.11. The van der Waals surface area contributed by atoms with Crippen LogP contribution in [0, 0.1) is 5.92 Å². The minimum absolute atomic E-state index is 0.390. The van der Waals surface area contributed by atoms with Gasteiger partial charge in [0.15, 0.2) is 0 Å². The zero-order valence-electron chi connectivity index (χ0n) is 12.3. The summed E-state index contributed by atoms with van der Waals surface area (Å²) in [4.78, 5) is 9.09. The molecule has 1 saturated carbocycles. The van der Waals surface area contributed by atoms with Crippen molar-refractivity contribution >= 4 is 34.1 Å². The highest BCUT2D eigenvalue weighted by Gasteiger charge is 2.23. The summed E-state index contributed by atoms with van der Waals surface area (Å²) in [5.74, 6) is 0.642. The number of benzene rings is 2. The Labute approximate surface area is 144 Å². The van der Waals surface area contributed by atoms with E-state index in [0.29, 0.717) is 28.6 Å². The Morgan fingerprint density at radius 3 is 2.65 bits per heavy atom. The van der Waals surface area contributed by atoms with Gasteiger partial charge in [-0.2, -0.15) is 9.97 Å². The van der Waals surface area contributed by atoms with Crippen LogP contribution >= 0.6 is 23.2 Å². The molecule has 0 atom stereocenters. The molecule has 1 aliphatic carbocycles. The number of hydrogen-bond acceptors (Lipinski definition) is 3. The predicted molar refractivity (Wildman–Crippen MR) is 93.2 cm³/mol. The molecule has 3 nitrogen and oxygen atoms in total. The van der Waals surface area contributed by atoms with Gasteiger partial charge in [-0.25, -0.2) is 0 Å². The second-order valence-corrected chi connectivity index (χ2v) is 6.59. The Hall–Kier alpha value is -1.84. The first kappa shape index (κ1) is 14.7. The van der Waals surface area contributed by atoms with Crippen molar-refractivity contribution in [3.63, 3.8) is 0 Å². The predicted octanol–water partition coefficient (Wildman–Crippen LogP) is 5.39.